The van der Waals surface area contributed by atoms with Gasteiger partial charge in [-0.05, 0) is 36.4 Å². The summed E-state index contributed by atoms with van der Waals surface area (Å²) in [6.45, 7) is 0. The van der Waals surface area contributed by atoms with Crippen LogP contribution in [-0.2, 0) is 0 Å². The van der Waals surface area contributed by atoms with Crippen LogP contribution in [0.4, 0.5) is 0 Å². The Hall–Kier alpha value is -7.41. The van der Waals surface area contributed by atoms with Crippen LogP contribution in [0.15, 0.2) is 188 Å². The minimum Gasteiger partial charge on any atom is -0.307 e. The first-order valence-corrected chi connectivity index (χ1v) is 19.9. The van der Waals surface area contributed by atoms with Gasteiger partial charge in [-0.25, -0.2) is 15.0 Å². The number of fused-ring (bicyclic) bond motifs is 9. The summed E-state index contributed by atoms with van der Waals surface area (Å²) in [6.07, 6.45) is 0. The van der Waals surface area contributed by atoms with Gasteiger partial charge in [-0.15, -0.1) is 11.3 Å². The summed E-state index contributed by atoms with van der Waals surface area (Å²) in [4.78, 5) is 16.1. The lowest BCUT2D eigenvalue weighted by Gasteiger charge is -2.21. The number of hydrogen-bond acceptors (Lipinski definition) is 4. The van der Waals surface area contributed by atoms with Crippen molar-refractivity contribution >= 4 is 75.1 Å². The summed E-state index contributed by atoms with van der Waals surface area (Å²) in [5.74, 6) is 1.88. The van der Waals surface area contributed by atoms with Gasteiger partial charge in [0.05, 0.1) is 39.0 Å². The molecule has 0 aliphatic rings. The van der Waals surface area contributed by atoms with Gasteiger partial charge in [0.1, 0.15) is 0 Å². The molecular weight excluding hydrogens is 715 g/mol. The Bertz CT molecular complexity index is 3360. The molecule has 0 radical (unpaired) electrons. The first kappa shape index (κ1) is 31.9. The van der Waals surface area contributed by atoms with E-state index >= 15 is 0 Å². The SMILES string of the molecule is c1ccc(-c2nc(-c3ccccc3)nc(-c3c(-n4c5ccccc5c5ccccc54)c(-n4c5ccccc5c5ccccc54)cc4c3sc3ccccc34)n2)cc1. The zero-order valence-corrected chi connectivity index (χ0v) is 31.4. The molecular formula is C51H31N5S. The van der Waals surface area contributed by atoms with Gasteiger partial charge in [0, 0.05) is 52.8 Å². The molecule has 0 atom stereocenters. The Labute approximate surface area is 331 Å². The van der Waals surface area contributed by atoms with Crippen molar-refractivity contribution < 1.29 is 0 Å². The zero-order chi connectivity index (χ0) is 37.5. The van der Waals surface area contributed by atoms with Gasteiger partial charge in [-0.2, -0.15) is 0 Å². The molecule has 0 bridgehead atoms. The predicted octanol–water partition coefficient (Wildman–Crippen LogP) is 13.4. The molecule has 0 N–H and O–H groups in total. The second kappa shape index (κ2) is 12.6. The molecule has 12 rings (SSSR count). The zero-order valence-electron chi connectivity index (χ0n) is 30.5. The van der Waals surface area contributed by atoms with Crippen LogP contribution in [0, 0.1) is 0 Å². The average molecular weight is 746 g/mol. The Balaban J connectivity index is 1.35. The first-order valence-electron chi connectivity index (χ1n) is 19.1. The number of benzene rings is 8. The molecule has 4 heterocycles. The summed E-state index contributed by atoms with van der Waals surface area (Å²) in [6, 6.07) is 66.6. The highest BCUT2D eigenvalue weighted by Gasteiger charge is 2.28. The third-order valence-corrected chi connectivity index (χ3v) is 12.4. The number of thiophene rings is 1. The molecule has 8 aromatic carbocycles. The molecule has 0 fully saturated rings. The molecule has 0 saturated carbocycles. The van der Waals surface area contributed by atoms with Crippen LogP contribution in [0.5, 0.6) is 0 Å². The lowest BCUT2D eigenvalue weighted by molar-refractivity contribution is 1.06. The Morgan fingerprint density at radius 2 is 0.754 bits per heavy atom. The molecule has 4 aromatic heterocycles. The highest BCUT2D eigenvalue weighted by molar-refractivity contribution is 7.26. The van der Waals surface area contributed by atoms with Crippen LogP contribution in [0.2, 0.25) is 0 Å². The van der Waals surface area contributed by atoms with Crippen molar-refractivity contribution in [1.29, 1.82) is 0 Å². The Morgan fingerprint density at radius 1 is 0.351 bits per heavy atom. The van der Waals surface area contributed by atoms with E-state index < -0.39 is 0 Å². The summed E-state index contributed by atoms with van der Waals surface area (Å²) >= 11 is 1.80. The van der Waals surface area contributed by atoms with Crippen molar-refractivity contribution in [2.24, 2.45) is 0 Å². The van der Waals surface area contributed by atoms with E-state index in [2.05, 4.69) is 161 Å². The van der Waals surface area contributed by atoms with Gasteiger partial charge in [0.25, 0.3) is 0 Å². The molecule has 0 amide bonds. The third-order valence-electron chi connectivity index (χ3n) is 11.2. The van der Waals surface area contributed by atoms with E-state index in [1.165, 1.54) is 31.6 Å². The smallest absolute Gasteiger partial charge is 0.167 e. The van der Waals surface area contributed by atoms with E-state index in [9.17, 15) is 0 Å². The monoisotopic (exact) mass is 745 g/mol. The van der Waals surface area contributed by atoms with Gasteiger partial charge < -0.3 is 9.13 Å². The fourth-order valence-electron chi connectivity index (χ4n) is 8.71. The van der Waals surface area contributed by atoms with Crippen LogP contribution < -0.4 is 0 Å². The van der Waals surface area contributed by atoms with Gasteiger partial charge in [-0.3, -0.25) is 0 Å². The van der Waals surface area contributed by atoms with Gasteiger partial charge in [0.15, 0.2) is 17.5 Å². The van der Waals surface area contributed by atoms with Crippen molar-refractivity contribution in [2.45, 2.75) is 0 Å². The number of rotatable bonds is 5. The quantitative estimate of drug-likeness (QED) is 0.176. The second-order valence-electron chi connectivity index (χ2n) is 14.4. The maximum absolute atomic E-state index is 5.46. The third kappa shape index (κ3) is 4.84. The van der Waals surface area contributed by atoms with Crippen molar-refractivity contribution in [3.05, 3.63) is 188 Å². The van der Waals surface area contributed by atoms with Gasteiger partial charge >= 0.3 is 0 Å². The standard InChI is InChI=1S/C51H31N5S/c1-3-17-32(18-4-1)49-52-50(33-19-5-2-6-20-33)54-51(53-49)46-47(56-42-28-14-9-23-36(42)37-24-10-15-29-43(37)56)44(31-39-38-25-11-16-30-45(38)57-48(39)46)55-40-26-12-7-21-34(40)35-22-8-13-27-41(35)55/h1-31H. The Morgan fingerprint density at radius 3 is 1.26 bits per heavy atom. The van der Waals surface area contributed by atoms with E-state index in [0.717, 1.165) is 60.2 Å². The Kier molecular flexibility index (Phi) is 7.03. The van der Waals surface area contributed by atoms with Crippen molar-refractivity contribution in [2.75, 3.05) is 0 Å². The van der Waals surface area contributed by atoms with Crippen LogP contribution in [0.25, 0.3) is 109 Å². The molecule has 266 valence electrons. The maximum Gasteiger partial charge on any atom is 0.167 e. The second-order valence-corrected chi connectivity index (χ2v) is 15.4. The van der Waals surface area contributed by atoms with E-state index in [1.54, 1.807) is 11.3 Å². The molecule has 5 nitrogen and oxygen atoms in total. The molecule has 0 aliphatic carbocycles. The summed E-state index contributed by atoms with van der Waals surface area (Å²) < 4.78 is 7.25. The number of aromatic nitrogens is 5. The fourth-order valence-corrected chi connectivity index (χ4v) is 9.93. The topological polar surface area (TPSA) is 48.5 Å². The van der Waals surface area contributed by atoms with Gasteiger partial charge in [-0.1, -0.05) is 152 Å². The number of hydrogen-bond donors (Lipinski definition) is 0. The van der Waals surface area contributed by atoms with E-state index in [0.29, 0.717) is 17.5 Å². The molecule has 6 heteroatoms. The molecule has 0 spiro atoms. The first-order chi connectivity index (χ1) is 28.3. The van der Waals surface area contributed by atoms with E-state index in [1.807, 2.05) is 36.4 Å². The lowest BCUT2D eigenvalue weighted by Crippen LogP contribution is -2.08. The highest BCUT2D eigenvalue weighted by atomic mass is 32.1. The van der Waals surface area contributed by atoms with Crippen LogP contribution in [0.3, 0.4) is 0 Å². The average Bonchev–Trinajstić information content (AvgIpc) is 3.94. The minimum absolute atomic E-state index is 0.624. The molecule has 0 saturated heterocycles. The van der Waals surface area contributed by atoms with Crippen molar-refractivity contribution in [1.82, 2.24) is 24.1 Å². The van der Waals surface area contributed by atoms with Crippen LogP contribution in [-0.4, -0.2) is 24.1 Å². The maximum atomic E-state index is 5.46. The molecule has 0 aliphatic heterocycles. The summed E-state index contributed by atoms with van der Waals surface area (Å²) in [7, 11) is 0. The van der Waals surface area contributed by atoms with Gasteiger partial charge in [0.2, 0.25) is 0 Å². The molecule has 0 unspecified atom stereocenters. The highest BCUT2D eigenvalue weighted by Crippen LogP contribution is 2.49. The normalized spacial score (nSPS) is 11.9. The molecule has 12 aromatic rings. The van der Waals surface area contributed by atoms with Crippen molar-refractivity contribution in [3.63, 3.8) is 0 Å². The van der Waals surface area contributed by atoms with E-state index in [4.69, 9.17) is 15.0 Å². The summed E-state index contributed by atoms with van der Waals surface area (Å²) in [5.41, 5.74) is 9.40. The minimum atomic E-state index is 0.624. The fraction of sp³-hybridized carbons (Fsp3) is 0. The number of nitrogens with zero attached hydrogens (tertiary/aromatic N) is 5. The van der Waals surface area contributed by atoms with Crippen LogP contribution >= 0.6 is 11.3 Å². The van der Waals surface area contributed by atoms with Crippen molar-refractivity contribution in [3.8, 4) is 45.5 Å². The lowest BCUT2D eigenvalue weighted by atomic mass is 10.0. The summed E-state index contributed by atoms with van der Waals surface area (Å²) in [5, 5.41) is 7.15. The van der Waals surface area contributed by atoms with Crippen LogP contribution in [0.1, 0.15) is 0 Å². The largest absolute Gasteiger partial charge is 0.307 e. The number of para-hydroxylation sites is 4. The predicted molar refractivity (Wildman–Crippen MR) is 238 cm³/mol. The van der Waals surface area contributed by atoms with E-state index in [-0.39, 0.29) is 0 Å². The molecule has 57 heavy (non-hydrogen) atoms.